The van der Waals surface area contributed by atoms with Crippen molar-refractivity contribution in [1.82, 2.24) is 30.0 Å². The molecule has 3 fully saturated rings. The number of piperidine rings is 1. The van der Waals surface area contributed by atoms with Crippen LogP contribution in [0.25, 0.3) is 11.5 Å². The summed E-state index contributed by atoms with van der Waals surface area (Å²) < 4.78 is 41.4. The smallest absolute Gasteiger partial charge is 0.284 e. The quantitative estimate of drug-likeness (QED) is 0.0661. The first-order chi connectivity index (χ1) is 30.0. The molecule has 17 heteroatoms. The van der Waals surface area contributed by atoms with Crippen LogP contribution in [0.2, 0.25) is 0 Å². The number of fused-ring (bicyclic) bond motifs is 1. The zero-order chi connectivity index (χ0) is 43.3. The van der Waals surface area contributed by atoms with Gasteiger partial charge in [-0.1, -0.05) is 12.1 Å². The third-order valence-corrected chi connectivity index (χ3v) is 12.5. The Balaban J connectivity index is 0.744. The number of hydrogen-bond donors (Lipinski definition) is 3. The van der Waals surface area contributed by atoms with E-state index >= 15 is 0 Å². The van der Waals surface area contributed by atoms with E-state index in [4.69, 9.17) is 9.15 Å². The number of imide groups is 1. The van der Waals surface area contributed by atoms with E-state index < -0.39 is 30.0 Å². The second-order valence-electron chi connectivity index (χ2n) is 17.2. The number of nitrogens with one attached hydrogen (secondary N) is 3. The maximum absolute atomic E-state index is 14.1. The van der Waals surface area contributed by atoms with E-state index in [-0.39, 0.29) is 47.5 Å². The molecule has 4 aromatic rings. The highest BCUT2D eigenvalue weighted by Gasteiger charge is 2.43. The van der Waals surface area contributed by atoms with Gasteiger partial charge in [0, 0.05) is 62.9 Å². The first kappa shape index (κ1) is 43.1. The molecule has 0 bridgehead atoms. The number of benzene rings is 1. The number of rotatable bonds is 19. The highest BCUT2D eigenvalue weighted by atomic mass is 19.3. The number of alkyl halides is 2. The third kappa shape index (κ3) is 10.0. The molecule has 8 rings (SSSR count). The van der Waals surface area contributed by atoms with Gasteiger partial charge >= 0.3 is 0 Å². The number of anilines is 3. The van der Waals surface area contributed by atoms with Crippen molar-refractivity contribution in [1.29, 1.82) is 0 Å². The van der Waals surface area contributed by atoms with Crippen molar-refractivity contribution in [2.75, 3.05) is 55.4 Å². The molecule has 4 aliphatic rings. The van der Waals surface area contributed by atoms with Gasteiger partial charge in [-0.3, -0.25) is 34.1 Å². The molecule has 3 aromatic heterocycles. The summed E-state index contributed by atoms with van der Waals surface area (Å²) in [5.74, 6) is 0.202. The van der Waals surface area contributed by atoms with Crippen molar-refractivity contribution < 1.29 is 37.1 Å². The van der Waals surface area contributed by atoms with Crippen LogP contribution < -0.4 is 20.9 Å². The Kier molecular flexibility index (Phi) is 13.4. The molecule has 2 aliphatic heterocycles. The van der Waals surface area contributed by atoms with Gasteiger partial charge in [0.1, 0.15) is 18.1 Å². The molecule has 62 heavy (non-hydrogen) atoms. The Morgan fingerprint density at radius 2 is 1.84 bits per heavy atom. The molecule has 5 heterocycles. The monoisotopic (exact) mass is 855 g/mol. The summed E-state index contributed by atoms with van der Waals surface area (Å²) in [6, 6.07) is 8.65. The average molecular weight is 856 g/mol. The van der Waals surface area contributed by atoms with Gasteiger partial charge in [-0.2, -0.15) is 5.10 Å². The fourth-order valence-electron chi connectivity index (χ4n) is 9.03. The Morgan fingerprint density at radius 1 is 1.05 bits per heavy atom. The molecule has 2 aliphatic carbocycles. The van der Waals surface area contributed by atoms with Crippen molar-refractivity contribution >= 4 is 40.8 Å². The Hall–Kier alpha value is -5.55. The van der Waals surface area contributed by atoms with Gasteiger partial charge in [-0.25, -0.2) is 18.7 Å². The lowest BCUT2D eigenvalue weighted by Crippen LogP contribution is -2.53. The van der Waals surface area contributed by atoms with Crippen LogP contribution in [-0.2, 0) is 25.5 Å². The Labute approximate surface area is 359 Å². The summed E-state index contributed by atoms with van der Waals surface area (Å²) in [4.78, 5) is 63.3. The zero-order valence-corrected chi connectivity index (χ0v) is 35.3. The molecule has 2 unspecified atom stereocenters. The number of hydrogen-bond acceptors (Lipinski definition) is 11. The van der Waals surface area contributed by atoms with Crippen molar-refractivity contribution in [2.24, 2.45) is 11.8 Å². The maximum atomic E-state index is 14.1. The van der Waals surface area contributed by atoms with Gasteiger partial charge in [-0.15, -0.1) is 0 Å². The highest BCUT2D eigenvalue weighted by Crippen LogP contribution is 2.42. The van der Waals surface area contributed by atoms with E-state index in [0.717, 1.165) is 81.4 Å². The van der Waals surface area contributed by atoms with Crippen LogP contribution in [0.15, 0.2) is 53.4 Å². The molecule has 330 valence electrons. The largest absolute Gasteiger partial charge is 0.444 e. The molecule has 1 saturated heterocycles. The second kappa shape index (κ2) is 19.2. The van der Waals surface area contributed by atoms with Gasteiger partial charge in [0.25, 0.3) is 12.3 Å². The summed E-state index contributed by atoms with van der Waals surface area (Å²) in [6.07, 6.45) is 10.3. The predicted octanol–water partition coefficient (Wildman–Crippen LogP) is 6.90. The summed E-state index contributed by atoms with van der Waals surface area (Å²) in [5, 5.41) is 12.5. The van der Waals surface area contributed by atoms with Gasteiger partial charge in [0.2, 0.25) is 23.6 Å². The number of halogens is 2. The van der Waals surface area contributed by atoms with Crippen LogP contribution >= 0.6 is 0 Å². The van der Waals surface area contributed by atoms with Gasteiger partial charge in [0.15, 0.2) is 11.4 Å². The van der Waals surface area contributed by atoms with Gasteiger partial charge in [0.05, 0.1) is 17.6 Å². The number of pyridine rings is 1. The van der Waals surface area contributed by atoms with Crippen LogP contribution in [0, 0.1) is 11.8 Å². The van der Waals surface area contributed by atoms with E-state index in [0.29, 0.717) is 42.9 Å². The first-order valence-electron chi connectivity index (χ1n) is 21.9. The van der Waals surface area contributed by atoms with Crippen molar-refractivity contribution in [2.45, 2.75) is 102 Å². The zero-order valence-electron chi connectivity index (χ0n) is 35.3. The predicted molar refractivity (Wildman–Crippen MR) is 227 cm³/mol. The van der Waals surface area contributed by atoms with E-state index in [1.54, 1.807) is 27.9 Å². The fourth-order valence-corrected chi connectivity index (χ4v) is 9.03. The van der Waals surface area contributed by atoms with Crippen LogP contribution in [0.3, 0.4) is 0 Å². The summed E-state index contributed by atoms with van der Waals surface area (Å²) >= 11 is 0. The minimum atomic E-state index is -2.87. The lowest BCUT2D eigenvalue weighted by Gasteiger charge is -2.31. The number of amides is 4. The summed E-state index contributed by atoms with van der Waals surface area (Å²) in [5.41, 5.74) is 2.90. The Bertz CT molecular complexity index is 2250. The molecule has 0 radical (unpaired) electrons. The molecule has 1 aromatic carbocycles. The van der Waals surface area contributed by atoms with Crippen LogP contribution in [0.4, 0.5) is 26.0 Å². The molecule has 3 N–H and O–H groups in total. The molecule has 15 nitrogen and oxygen atoms in total. The minimum absolute atomic E-state index is 0.0311. The molecule has 4 amide bonds. The number of carbonyl (C=O) groups is 4. The molecule has 2 atom stereocenters. The highest BCUT2D eigenvalue weighted by molar-refractivity contribution is 6.12. The maximum Gasteiger partial charge on any atom is 0.284 e. The summed E-state index contributed by atoms with van der Waals surface area (Å²) in [7, 11) is 2.11. The number of carbonyl (C=O) groups excluding carboxylic acids is 4. The molecular weight excluding hydrogens is 801 g/mol. The van der Waals surface area contributed by atoms with E-state index in [2.05, 4.69) is 43.0 Å². The van der Waals surface area contributed by atoms with Crippen molar-refractivity contribution in [3.63, 3.8) is 0 Å². The van der Waals surface area contributed by atoms with Gasteiger partial charge in [-0.05, 0) is 119 Å². The topological polar surface area (TPSA) is 177 Å². The van der Waals surface area contributed by atoms with Crippen LogP contribution in [0.1, 0.15) is 117 Å². The first-order valence-corrected chi connectivity index (χ1v) is 21.9. The van der Waals surface area contributed by atoms with E-state index in [1.165, 1.54) is 25.3 Å². The second-order valence-corrected chi connectivity index (χ2v) is 17.2. The van der Waals surface area contributed by atoms with Crippen molar-refractivity contribution in [3.8, 4) is 11.5 Å². The van der Waals surface area contributed by atoms with Gasteiger partial charge < -0.3 is 24.7 Å². The molecular formula is C45H55F2N9O6. The third-order valence-electron chi connectivity index (χ3n) is 12.5. The van der Waals surface area contributed by atoms with E-state index in [9.17, 15) is 28.0 Å². The number of ether oxygens (including phenoxy) is 1. The minimum Gasteiger partial charge on any atom is -0.444 e. The SMILES string of the molecule is CC1C(=O)N(C2CCC(=O)NC2=O)c2cccc(CCCOCCCN(C)C[C@H]3CC[C@H](n4cc(NC(=O)c5coc(-c6ccnc(NCC7CC7)c6)n5)c(C(F)F)n4)CC3)c21. The molecule has 2 saturated carbocycles. The molecule has 0 spiro atoms. The lowest BCUT2D eigenvalue weighted by molar-refractivity contribution is -0.135. The fraction of sp³-hybridized carbons (Fsp3) is 0.533. The number of aromatic nitrogens is 4. The van der Waals surface area contributed by atoms with E-state index in [1.807, 2.05) is 25.1 Å². The van der Waals surface area contributed by atoms with Crippen LogP contribution in [0.5, 0.6) is 0 Å². The normalized spacial score (nSPS) is 21.5. The summed E-state index contributed by atoms with van der Waals surface area (Å²) in [6.45, 7) is 5.76. The number of nitrogens with zero attached hydrogens (tertiary/aromatic N) is 6. The van der Waals surface area contributed by atoms with Crippen molar-refractivity contribution in [3.05, 3.63) is 71.5 Å². The standard InChI is InChI=1S/C45H55F2N9O6/c1-27-39-30(6-3-8-35(39)56(45(27)60)36-15-16-38(57)52-43(36)59)7-4-20-61-21-5-19-54(2)24-29-11-13-32(14-12-29)55-25-33(40(53-55)41(46)47)50-42(58)34-26-62-44(51-34)31-17-18-48-37(22-31)49-23-28-9-10-28/h3,6,8,17-18,22,25-29,32,36,41H,4-5,7,9-16,19-21,23-24H2,1-2H3,(H,48,49)(H,50,58)(H,52,57,59)/t27?,29-,32-,36?. The van der Waals surface area contributed by atoms with Crippen LogP contribution in [-0.4, -0.2) is 94.2 Å². The average Bonchev–Trinajstić information content (AvgIpc) is 3.66. The number of aryl methyl sites for hydroxylation is 1. The number of oxazole rings is 1. The lowest BCUT2D eigenvalue weighted by atomic mass is 9.86. The Morgan fingerprint density at radius 3 is 2.61 bits per heavy atom.